The van der Waals surface area contributed by atoms with Gasteiger partial charge in [-0.25, -0.2) is 0 Å². The maximum Gasteiger partial charge on any atom is 0.134 e. The molecule has 0 aliphatic carbocycles. The molecule has 0 spiro atoms. The van der Waals surface area contributed by atoms with Crippen molar-refractivity contribution in [2.75, 3.05) is 13.1 Å². The molecule has 5 rings (SSSR count). The lowest BCUT2D eigenvalue weighted by molar-refractivity contribution is 0.252. The summed E-state index contributed by atoms with van der Waals surface area (Å²) in [7, 11) is 0. The zero-order valence-electron chi connectivity index (χ0n) is 9.73. The van der Waals surface area contributed by atoms with E-state index in [4.69, 9.17) is 4.42 Å². The molecule has 1 saturated heterocycles. The first-order valence-electron chi connectivity index (χ1n) is 6.34. The van der Waals surface area contributed by atoms with Crippen LogP contribution in [0.4, 0.5) is 0 Å². The molecule has 3 aliphatic heterocycles. The van der Waals surface area contributed by atoms with Crippen molar-refractivity contribution in [2.24, 2.45) is 5.92 Å². The van der Waals surface area contributed by atoms with Crippen LogP contribution in [-0.2, 0) is 0 Å². The van der Waals surface area contributed by atoms with E-state index in [9.17, 15) is 0 Å². The molecule has 2 bridgehead atoms. The van der Waals surface area contributed by atoms with Crippen molar-refractivity contribution in [1.29, 1.82) is 0 Å². The van der Waals surface area contributed by atoms with Crippen LogP contribution < -0.4 is 0 Å². The van der Waals surface area contributed by atoms with Crippen LogP contribution in [-0.4, -0.2) is 18.0 Å². The summed E-state index contributed by atoms with van der Waals surface area (Å²) in [6.45, 7) is 2.45. The van der Waals surface area contributed by atoms with Crippen LogP contribution in [0.2, 0.25) is 0 Å². The van der Waals surface area contributed by atoms with E-state index in [2.05, 4.69) is 23.2 Å². The fraction of sp³-hybridized carbons (Fsp3) is 0.333. The Morgan fingerprint density at radius 1 is 1.12 bits per heavy atom. The third-order valence-electron chi connectivity index (χ3n) is 4.08. The number of hydrogen-bond donors (Lipinski definition) is 0. The summed E-state index contributed by atoms with van der Waals surface area (Å²) in [4.78, 5) is 2.44. The topological polar surface area (TPSA) is 16.4 Å². The van der Waals surface area contributed by atoms with E-state index in [1.165, 1.54) is 42.5 Å². The summed E-state index contributed by atoms with van der Waals surface area (Å²) in [5.74, 6) is 0.737. The van der Waals surface area contributed by atoms with Crippen LogP contribution in [0.3, 0.4) is 0 Å². The number of fused-ring (bicyclic) bond motifs is 3. The highest BCUT2D eigenvalue weighted by molar-refractivity contribution is 5.91. The van der Waals surface area contributed by atoms with Gasteiger partial charge < -0.3 is 9.32 Å². The molecule has 0 radical (unpaired) electrons. The minimum absolute atomic E-state index is 0.737. The number of allylic oxidation sites excluding steroid dienone is 1. The fourth-order valence-electron chi connectivity index (χ4n) is 3.13. The van der Waals surface area contributed by atoms with Crippen molar-refractivity contribution < 1.29 is 4.42 Å². The second kappa shape index (κ2) is 3.39. The van der Waals surface area contributed by atoms with Crippen molar-refractivity contribution in [3.05, 3.63) is 42.3 Å². The lowest BCUT2D eigenvalue weighted by Crippen LogP contribution is -2.35. The van der Waals surface area contributed by atoms with Crippen LogP contribution in [0.15, 0.2) is 41.1 Å². The molecule has 0 saturated carbocycles. The fourth-order valence-corrected chi connectivity index (χ4v) is 3.13. The number of benzene rings is 1. The predicted octanol–water partition coefficient (Wildman–Crippen LogP) is 3.50. The molecule has 1 fully saturated rings. The Morgan fingerprint density at radius 3 is 2.71 bits per heavy atom. The first-order chi connectivity index (χ1) is 8.42. The van der Waals surface area contributed by atoms with Crippen molar-refractivity contribution in [3.63, 3.8) is 0 Å². The average Bonchev–Trinajstić information content (AvgIpc) is 2.84. The quantitative estimate of drug-likeness (QED) is 0.738. The highest BCUT2D eigenvalue weighted by atomic mass is 16.3. The Balaban J connectivity index is 1.89. The molecule has 0 atom stereocenters. The van der Waals surface area contributed by atoms with Crippen molar-refractivity contribution in [2.45, 2.75) is 12.8 Å². The molecule has 4 heterocycles. The second-order valence-corrected chi connectivity index (χ2v) is 5.04. The van der Waals surface area contributed by atoms with E-state index in [0.717, 1.165) is 11.5 Å². The number of para-hydroxylation sites is 1. The van der Waals surface area contributed by atoms with Crippen LogP contribution in [0.25, 0.3) is 16.5 Å². The van der Waals surface area contributed by atoms with E-state index >= 15 is 0 Å². The van der Waals surface area contributed by atoms with Gasteiger partial charge in [-0.2, -0.15) is 0 Å². The normalized spacial score (nSPS) is 20.0. The molecule has 2 nitrogen and oxygen atoms in total. The van der Waals surface area contributed by atoms with E-state index in [1.54, 1.807) is 0 Å². The third kappa shape index (κ3) is 1.33. The minimum Gasteiger partial charge on any atom is -0.464 e. The zero-order chi connectivity index (χ0) is 11.2. The van der Waals surface area contributed by atoms with Gasteiger partial charge >= 0.3 is 0 Å². The monoisotopic (exact) mass is 225 g/mol. The molecule has 2 aromatic rings. The highest BCUT2D eigenvalue weighted by Crippen LogP contribution is 2.40. The Hall–Kier alpha value is -1.70. The maximum atomic E-state index is 5.65. The van der Waals surface area contributed by atoms with Gasteiger partial charge in [-0.3, -0.25) is 0 Å². The SMILES string of the molecule is C1=C(c2coc3ccccc23)C2CCN1CC2. The van der Waals surface area contributed by atoms with Gasteiger partial charge in [0.05, 0.1) is 6.26 Å². The number of furan rings is 1. The molecule has 0 amide bonds. The van der Waals surface area contributed by atoms with Gasteiger partial charge in [-0.15, -0.1) is 0 Å². The number of rotatable bonds is 1. The molecule has 17 heavy (non-hydrogen) atoms. The first-order valence-corrected chi connectivity index (χ1v) is 6.34. The van der Waals surface area contributed by atoms with Gasteiger partial charge in [0.15, 0.2) is 0 Å². The summed E-state index contributed by atoms with van der Waals surface area (Å²) in [6.07, 6.45) is 6.87. The van der Waals surface area contributed by atoms with Crippen LogP contribution in [0, 0.1) is 5.92 Å². The molecular weight excluding hydrogens is 210 g/mol. The highest BCUT2D eigenvalue weighted by Gasteiger charge is 2.29. The molecule has 86 valence electrons. The standard InChI is InChI=1S/C15H15NO/c1-2-4-15-12(3-1)14(10-17-15)13-9-16-7-5-11(13)6-8-16/h1-4,9-11H,5-8H2. The van der Waals surface area contributed by atoms with E-state index in [1.807, 2.05) is 18.4 Å². The summed E-state index contributed by atoms with van der Waals surface area (Å²) in [5.41, 5.74) is 3.78. The second-order valence-electron chi connectivity index (χ2n) is 5.04. The van der Waals surface area contributed by atoms with Crippen LogP contribution >= 0.6 is 0 Å². The van der Waals surface area contributed by atoms with Gasteiger partial charge in [0.25, 0.3) is 0 Å². The number of nitrogens with zero attached hydrogens (tertiary/aromatic N) is 1. The molecule has 0 unspecified atom stereocenters. The molecule has 1 aromatic carbocycles. The van der Waals surface area contributed by atoms with Crippen molar-refractivity contribution in [3.8, 4) is 0 Å². The van der Waals surface area contributed by atoms with Crippen molar-refractivity contribution in [1.82, 2.24) is 4.90 Å². The third-order valence-corrected chi connectivity index (χ3v) is 4.08. The lowest BCUT2D eigenvalue weighted by Gasteiger charge is -2.39. The van der Waals surface area contributed by atoms with Gasteiger partial charge in [0.1, 0.15) is 5.58 Å². The minimum atomic E-state index is 0.737. The van der Waals surface area contributed by atoms with Gasteiger partial charge in [-0.1, -0.05) is 18.2 Å². The molecule has 0 N–H and O–H groups in total. The van der Waals surface area contributed by atoms with Gasteiger partial charge in [-0.05, 0) is 30.4 Å². The molecule has 3 aliphatic rings. The first kappa shape index (κ1) is 9.34. The van der Waals surface area contributed by atoms with E-state index < -0.39 is 0 Å². The lowest BCUT2D eigenvalue weighted by atomic mass is 9.82. The Morgan fingerprint density at radius 2 is 1.94 bits per heavy atom. The van der Waals surface area contributed by atoms with Crippen molar-refractivity contribution >= 4 is 16.5 Å². The summed E-state index contributed by atoms with van der Waals surface area (Å²) in [6, 6.07) is 8.32. The summed E-state index contributed by atoms with van der Waals surface area (Å²) >= 11 is 0. The predicted molar refractivity (Wildman–Crippen MR) is 68.5 cm³/mol. The average molecular weight is 225 g/mol. The molecule has 1 aromatic heterocycles. The molecule has 2 heteroatoms. The Bertz CT molecular complexity index is 588. The van der Waals surface area contributed by atoms with Gasteiger partial charge in [0, 0.05) is 30.2 Å². The maximum absolute atomic E-state index is 5.65. The number of hydrogen-bond acceptors (Lipinski definition) is 2. The van der Waals surface area contributed by atoms with E-state index in [0.29, 0.717) is 0 Å². The number of piperidine rings is 1. The smallest absolute Gasteiger partial charge is 0.134 e. The Labute approximate surface area is 101 Å². The zero-order valence-corrected chi connectivity index (χ0v) is 9.73. The largest absolute Gasteiger partial charge is 0.464 e. The summed E-state index contributed by atoms with van der Waals surface area (Å²) < 4.78 is 5.65. The van der Waals surface area contributed by atoms with Crippen LogP contribution in [0.1, 0.15) is 18.4 Å². The van der Waals surface area contributed by atoms with Crippen LogP contribution in [0.5, 0.6) is 0 Å². The summed E-state index contributed by atoms with van der Waals surface area (Å²) in [5, 5.41) is 1.26. The van der Waals surface area contributed by atoms with E-state index in [-0.39, 0.29) is 0 Å². The Kier molecular flexibility index (Phi) is 1.87. The molecular formula is C15H15NO. The van der Waals surface area contributed by atoms with Gasteiger partial charge in [0.2, 0.25) is 0 Å².